The Morgan fingerprint density at radius 3 is 2.88 bits per heavy atom. The van der Waals surface area contributed by atoms with Gasteiger partial charge >= 0.3 is 0 Å². The molecule has 1 aromatic rings. The number of benzene rings is 1. The van der Waals surface area contributed by atoms with Gasteiger partial charge in [-0.1, -0.05) is 42.5 Å². The first-order chi connectivity index (χ1) is 7.93. The Labute approximate surface area is 96.9 Å². The summed E-state index contributed by atoms with van der Waals surface area (Å²) in [4.78, 5) is 0. The van der Waals surface area contributed by atoms with Crippen LogP contribution in [0.1, 0.15) is 30.7 Å². The van der Waals surface area contributed by atoms with E-state index in [1.807, 2.05) is 0 Å². The molecule has 0 fully saturated rings. The molecule has 3 rings (SSSR count). The SMILES string of the molecule is C1=CC2=C(CC(c3ccccc3)CC2)NC1. The molecule has 0 spiro atoms. The predicted octanol–water partition coefficient (Wildman–Crippen LogP) is 3.37. The fourth-order valence-corrected chi connectivity index (χ4v) is 2.72. The number of hydrogen-bond donors (Lipinski definition) is 1. The zero-order valence-electron chi connectivity index (χ0n) is 9.45. The minimum Gasteiger partial charge on any atom is -0.385 e. The van der Waals surface area contributed by atoms with E-state index in [1.54, 1.807) is 0 Å². The maximum Gasteiger partial charge on any atom is 0.0331 e. The van der Waals surface area contributed by atoms with E-state index in [2.05, 4.69) is 47.8 Å². The van der Waals surface area contributed by atoms with Gasteiger partial charge in [0, 0.05) is 12.2 Å². The van der Waals surface area contributed by atoms with E-state index in [4.69, 9.17) is 0 Å². The molecular weight excluding hydrogens is 194 g/mol. The molecule has 0 amide bonds. The maximum absolute atomic E-state index is 3.51. The Balaban J connectivity index is 1.83. The van der Waals surface area contributed by atoms with E-state index in [-0.39, 0.29) is 0 Å². The highest BCUT2D eigenvalue weighted by Crippen LogP contribution is 2.36. The van der Waals surface area contributed by atoms with Gasteiger partial charge in [0.05, 0.1) is 0 Å². The van der Waals surface area contributed by atoms with Gasteiger partial charge in [-0.15, -0.1) is 0 Å². The van der Waals surface area contributed by atoms with Gasteiger partial charge < -0.3 is 5.32 Å². The van der Waals surface area contributed by atoms with Crippen molar-refractivity contribution in [2.75, 3.05) is 6.54 Å². The summed E-state index contributed by atoms with van der Waals surface area (Å²) < 4.78 is 0. The molecule has 1 aliphatic carbocycles. The molecule has 1 atom stereocenters. The average Bonchev–Trinajstić information content (AvgIpc) is 2.39. The van der Waals surface area contributed by atoms with Crippen molar-refractivity contribution in [1.29, 1.82) is 0 Å². The van der Waals surface area contributed by atoms with Crippen LogP contribution >= 0.6 is 0 Å². The third-order valence-corrected chi connectivity index (χ3v) is 3.62. The van der Waals surface area contributed by atoms with Crippen LogP contribution in [-0.4, -0.2) is 6.54 Å². The summed E-state index contributed by atoms with van der Waals surface area (Å²) in [5.41, 5.74) is 4.49. The zero-order chi connectivity index (χ0) is 10.8. The lowest BCUT2D eigenvalue weighted by molar-refractivity contribution is 0.552. The zero-order valence-corrected chi connectivity index (χ0v) is 9.45. The van der Waals surface area contributed by atoms with Crippen LogP contribution in [0.5, 0.6) is 0 Å². The van der Waals surface area contributed by atoms with E-state index in [0.29, 0.717) is 5.92 Å². The first-order valence-corrected chi connectivity index (χ1v) is 6.11. The molecule has 1 heterocycles. The standard InChI is InChI=1S/C15H17N/c1-2-5-12(6-3-1)14-9-8-13-7-4-10-16-15(13)11-14/h1-7,14,16H,8-11H2. The molecule has 0 bridgehead atoms. The largest absolute Gasteiger partial charge is 0.385 e. The molecule has 0 radical (unpaired) electrons. The molecule has 0 saturated carbocycles. The summed E-state index contributed by atoms with van der Waals surface area (Å²) in [6.45, 7) is 1.00. The highest BCUT2D eigenvalue weighted by molar-refractivity contribution is 5.34. The van der Waals surface area contributed by atoms with Gasteiger partial charge in [-0.25, -0.2) is 0 Å². The van der Waals surface area contributed by atoms with Gasteiger partial charge in [-0.3, -0.25) is 0 Å². The molecule has 82 valence electrons. The molecule has 1 aromatic carbocycles. The highest BCUT2D eigenvalue weighted by atomic mass is 14.9. The van der Waals surface area contributed by atoms with Crippen LogP contribution in [0.3, 0.4) is 0 Å². The summed E-state index contributed by atoms with van der Waals surface area (Å²) in [6, 6.07) is 10.9. The third-order valence-electron chi connectivity index (χ3n) is 3.62. The number of nitrogens with one attached hydrogen (secondary N) is 1. The minimum absolute atomic E-state index is 0.707. The lowest BCUT2D eigenvalue weighted by Gasteiger charge is -2.29. The number of dihydropyridines is 1. The van der Waals surface area contributed by atoms with Gasteiger partial charge in [-0.2, -0.15) is 0 Å². The van der Waals surface area contributed by atoms with Crippen molar-refractivity contribution < 1.29 is 0 Å². The topological polar surface area (TPSA) is 12.0 Å². The van der Waals surface area contributed by atoms with Gasteiger partial charge in [0.2, 0.25) is 0 Å². The summed E-state index contributed by atoms with van der Waals surface area (Å²) >= 11 is 0. The fraction of sp³-hybridized carbons (Fsp3) is 0.333. The van der Waals surface area contributed by atoms with Crippen molar-refractivity contribution in [3.8, 4) is 0 Å². The van der Waals surface area contributed by atoms with Gasteiger partial charge in [0.1, 0.15) is 0 Å². The maximum atomic E-state index is 3.51. The van der Waals surface area contributed by atoms with Crippen molar-refractivity contribution in [2.45, 2.75) is 25.2 Å². The summed E-state index contributed by atoms with van der Waals surface area (Å²) in [5.74, 6) is 0.707. The van der Waals surface area contributed by atoms with Gasteiger partial charge in [0.15, 0.2) is 0 Å². The normalized spacial score (nSPS) is 23.9. The van der Waals surface area contributed by atoms with Gasteiger partial charge in [0.25, 0.3) is 0 Å². The molecule has 1 unspecified atom stereocenters. The quantitative estimate of drug-likeness (QED) is 0.751. The first-order valence-electron chi connectivity index (χ1n) is 6.11. The molecule has 16 heavy (non-hydrogen) atoms. The molecule has 1 nitrogen and oxygen atoms in total. The van der Waals surface area contributed by atoms with Crippen LogP contribution < -0.4 is 5.32 Å². The molecular formula is C15H17N. The second-order valence-corrected chi connectivity index (χ2v) is 4.64. The molecule has 0 saturated heterocycles. The number of rotatable bonds is 1. The average molecular weight is 211 g/mol. The highest BCUT2D eigenvalue weighted by Gasteiger charge is 2.21. The smallest absolute Gasteiger partial charge is 0.0331 e. The summed E-state index contributed by atoms with van der Waals surface area (Å²) in [5, 5.41) is 3.51. The van der Waals surface area contributed by atoms with Gasteiger partial charge in [-0.05, 0) is 36.3 Å². The van der Waals surface area contributed by atoms with Crippen molar-refractivity contribution >= 4 is 0 Å². The van der Waals surface area contributed by atoms with Crippen molar-refractivity contribution in [3.63, 3.8) is 0 Å². The molecule has 0 aromatic heterocycles. The molecule has 1 heteroatoms. The first kappa shape index (κ1) is 9.71. The van der Waals surface area contributed by atoms with Crippen LogP contribution in [0.15, 0.2) is 53.8 Å². The summed E-state index contributed by atoms with van der Waals surface area (Å²) in [7, 11) is 0. The second kappa shape index (κ2) is 4.17. The van der Waals surface area contributed by atoms with E-state index < -0.39 is 0 Å². The monoisotopic (exact) mass is 211 g/mol. The Hall–Kier alpha value is -1.50. The molecule has 1 aliphatic heterocycles. The second-order valence-electron chi connectivity index (χ2n) is 4.64. The minimum atomic E-state index is 0.707. The summed E-state index contributed by atoms with van der Waals surface area (Å²) in [6.07, 6.45) is 8.21. The van der Waals surface area contributed by atoms with E-state index >= 15 is 0 Å². The van der Waals surface area contributed by atoms with Crippen molar-refractivity contribution in [2.24, 2.45) is 0 Å². The van der Waals surface area contributed by atoms with Crippen LogP contribution in [0.25, 0.3) is 0 Å². The van der Waals surface area contributed by atoms with Crippen molar-refractivity contribution in [3.05, 3.63) is 59.3 Å². The lowest BCUT2D eigenvalue weighted by atomic mass is 9.82. The van der Waals surface area contributed by atoms with E-state index in [9.17, 15) is 0 Å². The van der Waals surface area contributed by atoms with Crippen LogP contribution in [-0.2, 0) is 0 Å². The number of hydrogen-bond acceptors (Lipinski definition) is 1. The predicted molar refractivity (Wildman–Crippen MR) is 67.2 cm³/mol. The Bertz CT molecular complexity index is 428. The van der Waals surface area contributed by atoms with E-state index in [0.717, 1.165) is 6.54 Å². The third kappa shape index (κ3) is 1.78. The van der Waals surface area contributed by atoms with Crippen LogP contribution in [0.4, 0.5) is 0 Å². The van der Waals surface area contributed by atoms with E-state index in [1.165, 1.54) is 36.1 Å². The Morgan fingerprint density at radius 2 is 2.00 bits per heavy atom. The molecule has 1 N–H and O–H groups in total. The van der Waals surface area contributed by atoms with Crippen LogP contribution in [0.2, 0.25) is 0 Å². The Kier molecular flexibility index (Phi) is 2.53. The Morgan fingerprint density at radius 1 is 1.12 bits per heavy atom. The number of allylic oxidation sites excluding steroid dienone is 3. The molecule has 2 aliphatic rings. The van der Waals surface area contributed by atoms with Crippen molar-refractivity contribution in [1.82, 2.24) is 5.32 Å². The lowest BCUT2D eigenvalue weighted by Crippen LogP contribution is -2.23. The van der Waals surface area contributed by atoms with Crippen LogP contribution in [0, 0.1) is 0 Å². The fourth-order valence-electron chi connectivity index (χ4n) is 2.72.